The van der Waals surface area contributed by atoms with Gasteiger partial charge in [-0.15, -0.1) is 0 Å². The van der Waals surface area contributed by atoms with Crippen LogP contribution < -0.4 is 5.32 Å². The van der Waals surface area contributed by atoms with Gasteiger partial charge in [-0.25, -0.2) is 0 Å². The molecule has 1 aromatic rings. The first-order valence-electron chi connectivity index (χ1n) is 6.23. The summed E-state index contributed by atoms with van der Waals surface area (Å²) in [7, 11) is 2.05. The normalized spacial score (nSPS) is 19.1. The molecule has 0 spiro atoms. The van der Waals surface area contributed by atoms with E-state index in [1.54, 1.807) is 0 Å². The minimum atomic E-state index is 0.881. The summed E-state index contributed by atoms with van der Waals surface area (Å²) in [4.78, 5) is 2.55. The van der Waals surface area contributed by atoms with Crippen molar-refractivity contribution < 1.29 is 0 Å². The standard InChI is InChI=1S/C12H22N4/c1-13-11-12-3-7-15(8-4-12)9-10-16-6-2-5-14-16/h2,5-6,12-13H,3-4,7-11H2,1H3. The second-order valence-corrected chi connectivity index (χ2v) is 4.61. The highest BCUT2D eigenvalue weighted by Crippen LogP contribution is 2.15. The number of piperidine rings is 1. The molecule has 0 aliphatic carbocycles. The highest BCUT2D eigenvalue weighted by atomic mass is 15.3. The Morgan fingerprint density at radius 3 is 2.75 bits per heavy atom. The van der Waals surface area contributed by atoms with Gasteiger partial charge in [-0.3, -0.25) is 4.68 Å². The average molecular weight is 222 g/mol. The molecule has 1 saturated heterocycles. The van der Waals surface area contributed by atoms with E-state index in [1.165, 1.54) is 32.5 Å². The summed E-state index contributed by atoms with van der Waals surface area (Å²) in [5, 5.41) is 7.50. The Morgan fingerprint density at radius 2 is 2.12 bits per heavy atom. The third-order valence-electron chi connectivity index (χ3n) is 3.40. The van der Waals surface area contributed by atoms with Gasteiger partial charge in [-0.05, 0) is 51.5 Å². The molecule has 1 aromatic heterocycles. The molecule has 0 unspecified atom stereocenters. The molecule has 0 aromatic carbocycles. The zero-order chi connectivity index (χ0) is 11.2. The van der Waals surface area contributed by atoms with E-state index in [9.17, 15) is 0 Å². The fraction of sp³-hybridized carbons (Fsp3) is 0.750. The predicted octanol–water partition coefficient (Wildman–Crippen LogP) is 0.814. The van der Waals surface area contributed by atoms with Crippen LogP contribution in [0, 0.1) is 5.92 Å². The van der Waals surface area contributed by atoms with E-state index in [1.807, 2.05) is 30.2 Å². The van der Waals surface area contributed by atoms with Gasteiger partial charge in [0, 0.05) is 18.9 Å². The molecule has 1 fully saturated rings. The van der Waals surface area contributed by atoms with Crippen LogP contribution in [0.25, 0.3) is 0 Å². The molecule has 2 heterocycles. The Balaban J connectivity index is 1.65. The van der Waals surface area contributed by atoms with Gasteiger partial charge in [0.1, 0.15) is 0 Å². The van der Waals surface area contributed by atoms with Gasteiger partial charge in [-0.2, -0.15) is 5.10 Å². The number of rotatable bonds is 5. The average Bonchev–Trinajstić information content (AvgIpc) is 2.82. The minimum absolute atomic E-state index is 0.881. The summed E-state index contributed by atoms with van der Waals surface area (Å²) >= 11 is 0. The van der Waals surface area contributed by atoms with Crippen LogP contribution in [0.15, 0.2) is 18.5 Å². The number of likely N-dealkylation sites (tertiary alicyclic amines) is 1. The summed E-state index contributed by atoms with van der Waals surface area (Å²) in [5.41, 5.74) is 0. The van der Waals surface area contributed by atoms with Crippen LogP contribution in [0.3, 0.4) is 0 Å². The number of hydrogen-bond acceptors (Lipinski definition) is 3. The summed E-state index contributed by atoms with van der Waals surface area (Å²) in [6, 6.07) is 1.99. The van der Waals surface area contributed by atoms with Crippen molar-refractivity contribution in [2.45, 2.75) is 19.4 Å². The van der Waals surface area contributed by atoms with Crippen molar-refractivity contribution in [3.63, 3.8) is 0 Å². The third kappa shape index (κ3) is 3.32. The highest BCUT2D eigenvalue weighted by Gasteiger charge is 2.17. The minimum Gasteiger partial charge on any atom is -0.319 e. The van der Waals surface area contributed by atoms with Crippen molar-refractivity contribution in [2.75, 3.05) is 33.2 Å². The van der Waals surface area contributed by atoms with E-state index in [0.717, 1.165) is 19.0 Å². The van der Waals surface area contributed by atoms with Crippen molar-refractivity contribution in [3.8, 4) is 0 Å². The lowest BCUT2D eigenvalue weighted by Crippen LogP contribution is -2.38. The molecule has 4 heteroatoms. The van der Waals surface area contributed by atoms with Gasteiger partial charge in [0.2, 0.25) is 0 Å². The van der Waals surface area contributed by atoms with Gasteiger partial charge in [0.25, 0.3) is 0 Å². The molecule has 0 atom stereocenters. The molecule has 1 N–H and O–H groups in total. The number of nitrogens with zero attached hydrogens (tertiary/aromatic N) is 3. The largest absolute Gasteiger partial charge is 0.319 e. The Labute approximate surface area is 97.6 Å². The lowest BCUT2D eigenvalue weighted by molar-refractivity contribution is 0.176. The SMILES string of the molecule is CNCC1CCN(CCn2cccn2)CC1. The van der Waals surface area contributed by atoms with Gasteiger partial charge in [-0.1, -0.05) is 0 Å². The summed E-state index contributed by atoms with van der Waals surface area (Å²) in [5.74, 6) is 0.881. The molecule has 0 saturated carbocycles. The molecule has 0 radical (unpaired) electrons. The maximum Gasteiger partial charge on any atom is 0.0536 e. The number of hydrogen-bond donors (Lipinski definition) is 1. The van der Waals surface area contributed by atoms with E-state index in [4.69, 9.17) is 0 Å². The first-order chi connectivity index (χ1) is 7.88. The quantitative estimate of drug-likeness (QED) is 0.800. The Bertz CT molecular complexity index is 275. The van der Waals surface area contributed by atoms with Crippen molar-refractivity contribution in [2.24, 2.45) is 5.92 Å². The first-order valence-corrected chi connectivity index (χ1v) is 6.23. The van der Waals surface area contributed by atoms with Crippen LogP contribution in [0.4, 0.5) is 0 Å². The monoisotopic (exact) mass is 222 g/mol. The van der Waals surface area contributed by atoms with Gasteiger partial charge in [0.05, 0.1) is 6.54 Å². The molecular formula is C12H22N4. The summed E-state index contributed by atoms with van der Waals surface area (Å²) in [6.45, 7) is 5.81. The van der Waals surface area contributed by atoms with Gasteiger partial charge >= 0.3 is 0 Å². The van der Waals surface area contributed by atoms with E-state index < -0.39 is 0 Å². The molecular weight excluding hydrogens is 200 g/mol. The zero-order valence-corrected chi connectivity index (χ0v) is 10.1. The van der Waals surface area contributed by atoms with E-state index in [-0.39, 0.29) is 0 Å². The van der Waals surface area contributed by atoms with E-state index >= 15 is 0 Å². The molecule has 0 bridgehead atoms. The zero-order valence-electron chi connectivity index (χ0n) is 10.1. The topological polar surface area (TPSA) is 33.1 Å². The van der Waals surface area contributed by atoms with Crippen molar-refractivity contribution in [1.29, 1.82) is 0 Å². The molecule has 4 nitrogen and oxygen atoms in total. The summed E-state index contributed by atoms with van der Waals surface area (Å²) < 4.78 is 2.01. The molecule has 1 aliphatic heterocycles. The van der Waals surface area contributed by atoms with Crippen LogP contribution in [-0.2, 0) is 6.54 Å². The fourth-order valence-corrected chi connectivity index (χ4v) is 2.38. The lowest BCUT2D eigenvalue weighted by Gasteiger charge is -2.31. The second-order valence-electron chi connectivity index (χ2n) is 4.61. The number of aromatic nitrogens is 2. The Kier molecular flexibility index (Phi) is 4.36. The van der Waals surface area contributed by atoms with Crippen molar-refractivity contribution in [1.82, 2.24) is 20.0 Å². The highest BCUT2D eigenvalue weighted by molar-refractivity contribution is 4.79. The van der Waals surface area contributed by atoms with Crippen LogP contribution >= 0.6 is 0 Å². The summed E-state index contributed by atoms with van der Waals surface area (Å²) in [6.07, 6.45) is 6.55. The van der Waals surface area contributed by atoms with Crippen LogP contribution in [0.1, 0.15) is 12.8 Å². The fourth-order valence-electron chi connectivity index (χ4n) is 2.38. The van der Waals surface area contributed by atoms with Crippen LogP contribution in [-0.4, -0.2) is 47.9 Å². The first kappa shape index (κ1) is 11.6. The molecule has 0 amide bonds. The maximum absolute atomic E-state index is 4.23. The third-order valence-corrected chi connectivity index (χ3v) is 3.40. The molecule has 16 heavy (non-hydrogen) atoms. The smallest absolute Gasteiger partial charge is 0.0536 e. The van der Waals surface area contributed by atoms with E-state index in [0.29, 0.717) is 0 Å². The van der Waals surface area contributed by atoms with Crippen LogP contribution in [0.2, 0.25) is 0 Å². The van der Waals surface area contributed by atoms with Crippen molar-refractivity contribution in [3.05, 3.63) is 18.5 Å². The van der Waals surface area contributed by atoms with Crippen molar-refractivity contribution >= 4 is 0 Å². The van der Waals surface area contributed by atoms with E-state index in [2.05, 4.69) is 15.3 Å². The Hall–Kier alpha value is -0.870. The maximum atomic E-state index is 4.23. The lowest BCUT2D eigenvalue weighted by atomic mass is 9.97. The predicted molar refractivity (Wildman–Crippen MR) is 65.3 cm³/mol. The van der Waals surface area contributed by atoms with Gasteiger partial charge < -0.3 is 10.2 Å². The second kappa shape index (κ2) is 6.01. The number of nitrogens with one attached hydrogen (secondary N) is 1. The Morgan fingerprint density at radius 1 is 1.31 bits per heavy atom. The van der Waals surface area contributed by atoms with Gasteiger partial charge in [0.15, 0.2) is 0 Å². The molecule has 90 valence electrons. The molecule has 2 rings (SSSR count). The van der Waals surface area contributed by atoms with Crippen LogP contribution in [0.5, 0.6) is 0 Å². The molecule has 1 aliphatic rings.